The van der Waals surface area contributed by atoms with Crippen molar-refractivity contribution in [1.82, 2.24) is 5.16 Å². The molecule has 1 unspecified atom stereocenters. The average molecular weight is 223 g/mol. The summed E-state index contributed by atoms with van der Waals surface area (Å²) in [6.45, 7) is 5.42. The Kier molecular flexibility index (Phi) is 2.40. The SMILES string of the molecule is Cc1noc(C)c1C(C)(O)c1ccsc1. The number of aromatic nitrogens is 1. The largest absolute Gasteiger partial charge is 0.380 e. The molecule has 0 radical (unpaired) electrons. The van der Waals surface area contributed by atoms with Crippen molar-refractivity contribution >= 4 is 11.3 Å². The van der Waals surface area contributed by atoms with Crippen molar-refractivity contribution in [2.45, 2.75) is 26.4 Å². The number of hydrogen-bond donors (Lipinski definition) is 1. The van der Waals surface area contributed by atoms with Gasteiger partial charge in [-0.15, -0.1) is 0 Å². The maximum absolute atomic E-state index is 10.5. The van der Waals surface area contributed by atoms with E-state index < -0.39 is 5.60 Å². The molecule has 1 atom stereocenters. The van der Waals surface area contributed by atoms with Crippen LogP contribution in [0.3, 0.4) is 0 Å². The van der Waals surface area contributed by atoms with Crippen LogP contribution in [0.2, 0.25) is 0 Å². The molecule has 0 aliphatic carbocycles. The van der Waals surface area contributed by atoms with Crippen LogP contribution in [-0.4, -0.2) is 10.3 Å². The van der Waals surface area contributed by atoms with Crippen LogP contribution in [0, 0.1) is 13.8 Å². The van der Waals surface area contributed by atoms with E-state index in [0.717, 1.165) is 16.8 Å². The fourth-order valence-corrected chi connectivity index (χ4v) is 2.62. The highest BCUT2D eigenvalue weighted by Gasteiger charge is 2.32. The molecule has 4 heteroatoms. The maximum atomic E-state index is 10.5. The van der Waals surface area contributed by atoms with Crippen LogP contribution < -0.4 is 0 Å². The van der Waals surface area contributed by atoms with Crippen molar-refractivity contribution in [2.24, 2.45) is 0 Å². The van der Waals surface area contributed by atoms with Crippen LogP contribution in [0.1, 0.15) is 29.5 Å². The Bertz CT molecular complexity index is 437. The summed E-state index contributed by atoms with van der Waals surface area (Å²) < 4.78 is 5.07. The van der Waals surface area contributed by atoms with Gasteiger partial charge in [0.2, 0.25) is 0 Å². The van der Waals surface area contributed by atoms with Crippen LogP contribution in [0.5, 0.6) is 0 Å². The van der Waals surface area contributed by atoms with Gasteiger partial charge in [-0.2, -0.15) is 11.3 Å². The summed E-state index contributed by atoms with van der Waals surface area (Å²) in [4.78, 5) is 0. The highest BCUT2D eigenvalue weighted by Crippen LogP contribution is 2.34. The van der Waals surface area contributed by atoms with Gasteiger partial charge >= 0.3 is 0 Å². The van der Waals surface area contributed by atoms with E-state index in [1.54, 1.807) is 18.3 Å². The second-order valence-electron chi connectivity index (χ2n) is 3.78. The quantitative estimate of drug-likeness (QED) is 0.851. The van der Waals surface area contributed by atoms with Crippen molar-refractivity contribution in [2.75, 3.05) is 0 Å². The summed E-state index contributed by atoms with van der Waals surface area (Å²) in [6, 6.07) is 1.91. The molecule has 1 N–H and O–H groups in total. The molecule has 15 heavy (non-hydrogen) atoms. The first kappa shape index (κ1) is 10.4. The molecule has 80 valence electrons. The molecule has 0 amide bonds. The summed E-state index contributed by atoms with van der Waals surface area (Å²) in [5, 5.41) is 18.2. The molecule has 0 fully saturated rings. The molecule has 0 saturated heterocycles. The van der Waals surface area contributed by atoms with Crippen molar-refractivity contribution < 1.29 is 9.63 Å². The van der Waals surface area contributed by atoms with E-state index in [0.29, 0.717) is 5.76 Å². The smallest absolute Gasteiger partial charge is 0.140 e. The molecule has 0 aliphatic rings. The lowest BCUT2D eigenvalue weighted by Crippen LogP contribution is -2.23. The van der Waals surface area contributed by atoms with Crippen LogP contribution >= 0.6 is 11.3 Å². The third-order valence-electron chi connectivity index (χ3n) is 2.60. The Morgan fingerprint density at radius 2 is 2.20 bits per heavy atom. The minimum absolute atomic E-state index is 0.670. The Hall–Kier alpha value is -1.13. The van der Waals surface area contributed by atoms with E-state index in [4.69, 9.17) is 4.52 Å². The van der Waals surface area contributed by atoms with Gasteiger partial charge in [0, 0.05) is 0 Å². The Balaban J connectivity index is 2.55. The van der Waals surface area contributed by atoms with Gasteiger partial charge in [0.05, 0.1) is 11.3 Å². The Morgan fingerprint density at radius 1 is 1.47 bits per heavy atom. The van der Waals surface area contributed by atoms with E-state index in [-0.39, 0.29) is 0 Å². The van der Waals surface area contributed by atoms with Crippen LogP contribution in [0.25, 0.3) is 0 Å². The first-order chi connectivity index (χ1) is 7.03. The zero-order chi connectivity index (χ0) is 11.1. The molecule has 2 rings (SSSR count). The number of rotatable bonds is 2. The highest BCUT2D eigenvalue weighted by atomic mass is 32.1. The molecule has 2 aromatic heterocycles. The zero-order valence-electron chi connectivity index (χ0n) is 8.94. The molecule has 0 spiro atoms. The lowest BCUT2D eigenvalue weighted by atomic mass is 9.89. The molecule has 0 saturated carbocycles. The van der Waals surface area contributed by atoms with Crippen molar-refractivity contribution in [3.8, 4) is 0 Å². The molecular weight excluding hydrogens is 210 g/mol. The molecule has 2 heterocycles. The summed E-state index contributed by atoms with van der Waals surface area (Å²) >= 11 is 1.56. The summed E-state index contributed by atoms with van der Waals surface area (Å²) in [5.41, 5.74) is 1.36. The van der Waals surface area contributed by atoms with Gasteiger partial charge in [0.1, 0.15) is 11.4 Å². The molecular formula is C11H13NO2S. The van der Waals surface area contributed by atoms with Gasteiger partial charge < -0.3 is 9.63 Å². The highest BCUT2D eigenvalue weighted by molar-refractivity contribution is 7.08. The monoisotopic (exact) mass is 223 g/mol. The summed E-state index contributed by atoms with van der Waals surface area (Å²) in [6.07, 6.45) is 0. The van der Waals surface area contributed by atoms with Gasteiger partial charge in [-0.3, -0.25) is 0 Å². The van der Waals surface area contributed by atoms with Crippen molar-refractivity contribution in [3.63, 3.8) is 0 Å². The van der Waals surface area contributed by atoms with Crippen molar-refractivity contribution in [1.29, 1.82) is 0 Å². The van der Waals surface area contributed by atoms with Gasteiger partial charge in [-0.05, 0) is 43.2 Å². The van der Waals surface area contributed by atoms with E-state index in [9.17, 15) is 5.11 Å². The minimum Gasteiger partial charge on any atom is -0.380 e. The van der Waals surface area contributed by atoms with E-state index in [1.807, 2.05) is 30.7 Å². The summed E-state index contributed by atoms with van der Waals surface area (Å²) in [7, 11) is 0. The lowest BCUT2D eigenvalue weighted by Gasteiger charge is -2.22. The number of nitrogens with zero attached hydrogens (tertiary/aromatic N) is 1. The van der Waals surface area contributed by atoms with Gasteiger partial charge in [0.15, 0.2) is 0 Å². The van der Waals surface area contributed by atoms with E-state index in [2.05, 4.69) is 5.16 Å². The van der Waals surface area contributed by atoms with E-state index >= 15 is 0 Å². The fraction of sp³-hybridized carbons (Fsp3) is 0.364. The molecule has 0 aliphatic heterocycles. The lowest BCUT2D eigenvalue weighted by molar-refractivity contribution is 0.100. The third-order valence-corrected chi connectivity index (χ3v) is 3.29. The first-order valence-corrected chi connectivity index (χ1v) is 5.66. The zero-order valence-corrected chi connectivity index (χ0v) is 9.76. The number of hydrogen-bond acceptors (Lipinski definition) is 4. The molecule has 2 aromatic rings. The standard InChI is InChI=1S/C11H13NO2S/c1-7-10(8(2)14-12-7)11(3,13)9-4-5-15-6-9/h4-6,13H,1-3H3. The normalized spacial score (nSPS) is 15.2. The predicted octanol–water partition coefficient (Wildman–Crippen LogP) is 2.61. The fourth-order valence-electron chi connectivity index (χ4n) is 1.86. The first-order valence-electron chi connectivity index (χ1n) is 4.72. The second-order valence-corrected chi connectivity index (χ2v) is 4.56. The third kappa shape index (κ3) is 1.60. The van der Waals surface area contributed by atoms with Gasteiger partial charge in [0.25, 0.3) is 0 Å². The van der Waals surface area contributed by atoms with E-state index in [1.165, 1.54) is 0 Å². The minimum atomic E-state index is -1.02. The average Bonchev–Trinajstić information content (AvgIpc) is 2.75. The maximum Gasteiger partial charge on any atom is 0.140 e. The van der Waals surface area contributed by atoms with Gasteiger partial charge in [-0.25, -0.2) is 0 Å². The predicted molar refractivity (Wildman–Crippen MR) is 59.0 cm³/mol. The Labute approximate surface area is 92.3 Å². The molecule has 0 aromatic carbocycles. The van der Waals surface area contributed by atoms with Crippen LogP contribution in [0.4, 0.5) is 0 Å². The van der Waals surface area contributed by atoms with Crippen LogP contribution in [0.15, 0.2) is 21.3 Å². The van der Waals surface area contributed by atoms with Crippen LogP contribution in [-0.2, 0) is 5.60 Å². The summed E-state index contributed by atoms with van der Waals surface area (Å²) in [5.74, 6) is 0.670. The second kappa shape index (κ2) is 3.47. The molecule has 3 nitrogen and oxygen atoms in total. The number of aryl methyl sites for hydroxylation is 2. The topological polar surface area (TPSA) is 46.3 Å². The number of aliphatic hydroxyl groups is 1. The Morgan fingerprint density at radius 3 is 2.67 bits per heavy atom. The van der Waals surface area contributed by atoms with Gasteiger partial charge in [-0.1, -0.05) is 5.16 Å². The van der Waals surface area contributed by atoms with Crippen molar-refractivity contribution in [3.05, 3.63) is 39.4 Å². The molecule has 0 bridgehead atoms. The number of thiophene rings is 1.